The topological polar surface area (TPSA) is 12.5 Å². The van der Waals surface area contributed by atoms with E-state index in [0.717, 1.165) is 29.2 Å². The molecule has 1 unspecified atom stereocenters. The molecule has 0 spiro atoms. The number of methoxy groups -OCH3 is 1. The first kappa shape index (κ1) is 15.1. The quantitative estimate of drug-likeness (QED) is 0.747. The number of benzene rings is 1. The fourth-order valence-corrected chi connectivity index (χ4v) is 3.60. The van der Waals surface area contributed by atoms with Crippen LogP contribution in [0.4, 0.5) is 0 Å². The lowest BCUT2D eigenvalue weighted by atomic mass is 10.1. The van der Waals surface area contributed by atoms with E-state index in [1.165, 1.54) is 31.2 Å². The first-order valence-corrected chi connectivity index (χ1v) is 8.19. The Morgan fingerprint density at radius 3 is 2.89 bits per heavy atom. The summed E-state index contributed by atoms with van der Waals surface area (Å²) in [6, 6.07) is 6.83. The number of halogens is 2. The number of alkyl halides is 1. The number of rotatable bonds is 4. The van der Waals surface area contributed by atoms with Crippen molar-refractivity contribution in [3.63, 3.8) is 0 Å². The van der Waals surface area contributed by atoms with Gasteiger partial charge in [0, 0.05) is 18.5 Å². The largest absolute Gasteiger partial charge is 0.496 e. The fourth-order valence-electron chi connectivity index (χ4n) is 2.66. The Morgan fingerprint density at radius 1 is 1.37 bits per heavy atom. The lowest BCUT2D eigenvalue weighted by Crippen LogP contribution is -2.35. The van der Waals surface area contributed by atoms with Crippen LogP contribution < -0.4 is 4.74 Å². The normalized spacial score (nSPS) is 21.1. The van der Waals surface area contributed by atoms with Crippen LogP contribution in [0, 0.1) is 0 Å². The van der Waals surface area contributed by atoms with Gasteiger partial charge in [-0.15, -0.1) is 11.6 Å². The third-order valence-electron chi connectivity index (χ3n) is 3.78. The van der Waals surface area contributed by atoms with Gasteiger partial charge in [-0.1, -0.05) is 18.9 Å². The van der Waals surface area contributed by atoms with Crippen molar-refractivity contribution in [3.8, 4) is 5.75 Å². The first-order valence-electron chi connectivity index (χ1n) is 6.87. The smallest absolute Gasteiger partial charge is 0.133 e. The number of ether oxygens (including phenoxy) is 1. The van der Waals surface area contributed by atoms with Crippen molar-refractivity contribution in [2.75, 3.05) is 19.5 Å². The van der Waals surface area contributed by atoms with Crippen LogP contribution in [0.25, 0.3) is 0 Å². The van der Waals surface area contributed by atoms with Gasteiger partial charge in [-0.05, 0) is 53.0 Å². The standard InChI is InChI=1S/C15H21BrClNO/c1-19-15-7-6-12(9-14(15)16)11-18-8-4-2-3-5-13(18)10-17/h6-7,9,13H,2-5,8,10-11H2,1H3. The summed E-state index contributed by atoms with van der Waals surface area (Å²) in [6.07, 6.45) is 5.14. The van der Waals surface area contributed by atoms with Gasteiger partial charge in [-0.2, -0.15) is 0 Å². The van der Waals surface area contributed by atoms with Crippen LogP contribution in [-0.2, 0) is 6.54 Å². The van der Waals surface area contributed by atoms with E-state index < -0.39 is 0 Å². The van der Waals surface area contributed by atoms with Crippen LogP contribution in [-0.4, -0.2) is 30.5 Å². The van der Waals surface area contributed by atoms with Crippen LogP contribution in [0.5, 0.6) is 5.75 Å². The van der Waals surface area contributed by atoms with Crippen LogP contribution in [0.15, 0.2) is 22.7 Å². The zero-order valence-electron chi connectivity index (χ0n) is 11.4. The Morgan fingerprint density at radius 2 is 2.21 bits per heavy atom. The van der Waals surface area contributed by atoms with Gasteiger partial charge in [-0.3, -0.25) is 4.90 Å². The predicted molar refractivity (Wildman–Crippen MR) is 84.1 cm³/mol. The molecule has 0 aromatic heterocycles. The third kappa shape index (κ3) is 4.11. The van der Waals surface area contributed by atoms with Gasteiger partial charge in [0.15, 0.2) is 0 Å². The highest BCUT2D eigenvalue weighted by Crippen LogP contribution is 2.27. The average Bonchev–Trinajstić information content (AvgIpc) is 2.64. The second-order valence-corrected chi connectivity index (χ2v) is 6.26. The monoisotopic (exact) mass is 345 g/mol. The van der Waals surface area contributed by atoms with Crippen molar-refractivity contribution < 1.29 is 4.74 Å². The van der Waals surface area contributed by atoms with Crippen molar-refractivity contribution in [1.82, 2.24) is 4.90 Å². The van der Waals surface area contributed by atoms with Crippen molar-refractivity contribution in [1.29, 1.82) is 0 Å². The Kier molecular flexibility index (Phi) is 5.99. The molecule has 2 nitrogen and oxygen atoms in total. The highest BCUT2D eigenvalue weighted by Gasteiger charge is 2.20. The zero-order valence-corrected chi connectivity index (χ0v) is 13.7. The molecule has 0 aliphatic carbocycles. The van der Waals surface area contributed by atoms with E-state index in [1.807, 2.05) is 6.07 Å². The molecule has 1 atom stereocenters. The molecule has 0 amide bonds. The van der Waals surface area contributed by atoms with E-state index in [4.69, 9.17) is 16.3 Å². The lowest BCUT2D eigenvalue weighted by molar-refractivity contribution is 0.207. The minimum Gasteiger partial charge on any atom is -0.496 e. The van der Waals surface area contributed by atoms with Gasteiger partial charge in [0.2, 0.25) is 0 Å². The number of likely N-dealkylation sites (tertiary alicyclic amines) is 1. The summed E-state index contributed by atoms with van der Waals surface area (Å²) in [4.78, 5) is 2.52. The average molecular weight is 347 g/mol. The lowest BCUT2D eigenvalue weighted by Gasteiger charge is -2.28. The van der Waals surface area contributed by atoms with E-state index >= 15 is 0 Å². The minimum atomic E-state index is 0.519. The SMILES string of the molecule is COc1ccc(CN2CCCCCC2CCl)cc1Br. The molecule has 1 aliphatic rings. The summed E-state index contributed by atoms with van der Waals surface area (Å²) >= 11 is 9.67. The van der Waals surface area contributed by atoms with Gasteiger partial charge < -0.3 is 4.74 Å². The molecule has 4 heteroatoms. The maximum Gasteiger partial charge on any atom is 0.133 e. The molecule has 0 bridgehead atoms. The molecular weight excluding hydrogens is 326 g/mol. The number of hydrogen-bond donors (Lipinski definition) is 0. The molecule has 0 radical (unpaired) electrons. The van der Waals surface area contributed by atoms with Gasteiger partial charge in [0.1, 0.15) is 5.75 Å². The molecule has 1 saturated heterocycles. The minimum absolute atomic E-state index is 0.519. The molecule has 1 aromatic rings. The molecule has 0 saturated carbocycles. The summed E-state index contributed by atoms with van der Waals surface area (Å²) < 4.78 is 6.29. The Bertz CT molecular complexity index is 413. The second kappa shape index (κ2) is 7.51. The molecule has 1 aromatic carbocycles. The highest BCUT2D eigenvalue weighted by atomic mass is 79.9. The van der Waals surface area contributed by atoms with E-state index in [9.17, 15) is 0 Å². The van der Waals surface area contributed by atoms with E-state index in [1.54, 1.807) is 7.11 Å². The van der Waals surface area contributed by atoms with Gasteiger partial charge in [-0.25, -0.2) is 0 Å². The van der Waals surface area contributed by atoms with Gasteiger partial charge in [0.25, 0.3) is 0 Å². The molecule has 2 rings (SSSR count). The maximum atomic E-state index is 6.12. The van der Waals surface area contributed by atoms with Crippen molar-refractivity contribution in [2.24, 2.45) is 0 Å². The summed E-state index contributed by atoms with van der Waals surface area (Å²) in [5, 5.41) is 0. The van der Waals surface area contributed by atoms with Crippen molar-refractivity contribution >= 4 is 27.5 Å². The van der Waals surface area contributed by atoms with Crippen molar-refractivity contribution in [3.05, 3.63) is 28.2 Å². The summed E-state index contributed by atoms with van der Waals surface area (Å²) in [5.74, 6) is 1.62. The summed E-state index contributed by atoms with van der Waals surface area (Å²) in [5.41, 5.74) is 1.31. The third-order valence-corrected chi connectivity index (χ3v) is 4.75. The van der Waals surface area contributed by atoms with Crippen LogP contribution in [0.3, 0.4) is 0 Å². The van der Waals surface area contributed by atoms with Gasteiger partial charge >= 0.3 is 0 Å². The Hall–Kier alpha value is -0.250. The highest BCUT2D eigenvalue weighted by molar-refractivity contribution is 9.10. The van der Waals surface area contributed by atoms with E-state index in [0.29, 0.717) is 6.04 Å². The van der Waals surface area contributed by atoms with Crippen molar-refractivity contribution in [2.45, 2.75) is 38.3 Å². The molecular formula is C15H21BrClNO. The Labute approximate surface area is 129 Å². The Balaban J connectivity index is 2.07. The summed E-state index contributed by atoms with van der Waals surface area (Å²) in [6.45, 7) is 2.13. The zero-order chi connectivity index (χ0) is 13.7. The molecule has 1 fully saturated rings. The second-order valence-electron chi connectivity index (χ2n) is 5.10. The molecule has 1 aliphatic heterocycles. The molecule has 106 valence electrons. The molecule has 1 heterocycles. The number of hydrogen-bond acceptors (Lipinski definition) is 2. The van der Waals surface area contributed by atoms with E-state index in [2.05, 4.69) is 33.0 Å². The predicted octanol–water partition coefficient (Wildman–Crippen LogP) is 4.44. The van der Waals surface area contributed by atoms with Gasteiger partial charge in [0.05, 0.1) is 11.6 Å². The number of nitrogens with zero attached hydrogens (tertiary/aromatic N) is 1. The molecule has 0 N–H and O–H groups in total. The van der Waals surface area contributed by atoms with E-state index in [-0.39, 0.29) is 0 Å². The first-order chi connectivity index (χ1) is 9.24. The summed E-state index contributed by atoms with van der Waals surface area (Å²) in [7, 11) is 1.69. The van der Waals surface area contributed by atoms with Crippen LogP contribution in [0.1, 0.15) is 31.2 Å². The maximum absolute atomic E-state index is 6.12. The fraction of sp³-hybridized carbons (Fsp3) is 0.600. The molecule has 19 heavy (non-hydrogen) atoms. The van der Waals surface area contributed by atoms with Crippen LogP contribution in [0.2, 0.25) is 0 Å². The van der Waals surface area contributed by atoms with Crippen LogP contribution >= 0.6 is 27.5 Å².